The fraction of sp³-hybridized carbons (Fsp3) is 0. The molecule has 2 aromatic heterocycles. The number of aromatic hydroxyl groups is 2. The van der Waals surface area contributed by atoms with Crippen molar-refractivity contribution in [2.75, 3.05) is 0 Å². The molecule has 3 aromatic carbocycles. The summed E-state index contributed by atoms with van der Waals surface area (Å²) < 4.78 is 15.6. The van der Waals surface area contributed by atoms with Crippen molar-refractivity contribution in [1.82, 2.24) is 9.55 Å². The molecule has 2 N–H and O–H groups in total. The summed E-state index contributed by atoms with van der Waals surface area (Å²) in [4.78, 5) is 17.8. The van der Waals surface area contributed by atoms with E-state index in [0.29, 0.717) is 26.4 Å². The maximum absolute atomic E-state index is 13.7. The van der Waals surface area contributed by atoms with Gasteiger partial charge in [0.25, 0.3) is 0 Å². The van der Waals surface area contributed by atoms with E-state index in [-0.39, 0.29) is 16.4 Å². The van der Waals surface area contributed by atoms with Crippen molar-refractivity contribution in [2.45, 2.75) is 0 Å². The van der Waals surface area contributed by atoms with Gasteiger partial charge in [0.15, 0.2) is 16.7 Å². The van der Waals surface area contributed by atoms with Gasteiger partial charge in [-0.05, 0) is 35.9 Å². The normalized spacial score (nSPS) is 11.2. The van der Waals surface area contributed by atoms with Gasteiger partial charge in [-0.15, -0.1) is 0 Å². The zero-order valence-electron chi connectivity index (χ0n) is 16.3. The largest absolute Gasteiger partial charge is 0.503 e. The Hall–Kier alpha value is -3.68. The summed E-state index contributed by atoms with van der Waals surface area (Å²) in [6.45, 7) is 0. The number of rotatable bonds is 4. The van der Waals surface area contributed by atoms with Gasteiger partial charge >= 0.3 is 0 Å². The van der Waals surface area contributed by atoms with Crippen LogP contribution in [0.1, 0.15) is 15.9 Å². The third kappa shape index (κ3) is 3.32. The molecule has 0 aliphatic heterocycles. The quantitative estimate of drug-likeness (QED) is 0.311. The molecule has 0 radical (unpaired) electrons. The molecule has 0 fully saturated rings. The third-order valence-electron chi connectivity index (χ3n) is 5.03. The van der Waals surface area contributed by atoms with Gasteiger partial charge in [-0.1, -0.05) is 65.4 Å². The second-order valence-electron chi connectivity index (χ2n) is 7.04. The lowest BCUT2D eigenvalue weighted by Crippen LogP contribution is -2.04. The van der Waals surface area contributed by atoms with Gasteiger partial charge in [-0.2, -0.15) is 0 Å². The second-order valence-corrected chi connectivity index (χ2v) is 8.49. The zero-order chi connectivity index (χ0) is 22.4. The van der Waals surface area contributed by atoms with E-state index in [0.717, 1.165) is 11.3 Å². The minimum atomic E-state index is -0.561. The first-order chi connectivity index (χ1) is 15.4. The molecule has 0 amide bonds. The molecule has 0 saturated carbocycles. The van der Waals surface area contributed by atoms with E-state index in [4.69, 9.17) is 11.6 Å². The first-order valence-corrected chi connectivity index (χ1v) is 10.7. The molecule has 32 heavy (non-hydrogen) atoms. The highest BCUT2D eigenvalue weighted by Crippen LogP contribution is 2.45. The number of aromatic nitrogens is 2. The standard InChI is InChI=1S/C24H14ClFN2O3S/c25-15-8-6-13(7-9-15)20-19(21(29)14-4-2-1-3-5-14)22(30)23(31)28(20)24-27-17-11-10-16(26)12-18(17)32-24/h1-12,30-31H. The number of benzene rings is 3. The van der Waals surface area contributed by atoms with Crippen LogP contribution in [0.3, 0.4) is 0 Å². The minimum Gasteiger partial charge on any atom is -0.503 e. The van der Waals surface area contributed by atoms with Crippen molar-refractivity contribution in [3.8, 4) is 28.0 Å². The SMILES string of the molecule is O=C(c1ccccc1)c1c(O)c(O)n(-c2nc3ccc(F)cc3s2)c1-c1ccc(Cl)cc1. The summed E-state index contributed by atoms with van der Waals surface area (Å²) in [5, 5.41) is 22.5. The Balaban J connectivity index is 1.81. The van der Waals surface area contributed by atoms with Gasteiger partial charge in [-0.25, -0.2) is 9.37 Å². The van der Waals surface area contributed by atoms with E-state index in [1.165, 1.54) is 22.8 Å². The highest BCUT2D eigenvalue weighted by molar-refractivity contribution is 7.20. The average Bonchev–Trinajstić information content (AvgIpc) is 3.32. The van der Waals surface area contributed by atoms with Crippen molar-refractivity contribution in [3.05, 3.63) is 94.8 Å². The van der Waals surface area contributed by atoms with E-state index in [1.807, 2.05) is 0 Å². The lowest BCUT2D eigenvalue weighted by atomic mass is 9.99. The Morgan fingerprint density at radius 2 is 1.72 bits per heavy atom. The van der Waals surface area contributed by atoms with E-state index in [1.54, 1.807) is 54.6 Å². The topological polar surface area (TPSA) is 75.3 Å². The van der Waals surface area contributed by atoms with Crippen molar-refractivity contribution >= 4 is 38.9 Å². The molecule has 0 spiro atoms. The molecule has 8 heteroatoms. The molecule has 0 atom stereocenters. The number of ketones is 1. The maximum atomic E-state index is 13.7. The van der Waals surface area contributed by atoms with Gasteiger partial charge in [0.2, 0.25) is 5.88 Å². The van der Waals surface area contributed by atoms with Gasteiger partial charge < -0.3 is 10.2 Å². The molecule has 0 aliphatic rings. The Bertz CT molecular complexity index is 1480. The van der Waals surface area contributed by atoms with Crippen molar-refractivity contribution in [2.24, 2.45) is 0 Å². The van der Waals surface area contributed by atoms with Crippen molar-refractivity contribution in [3.63, 3.8) is 0 Å². The van der Waals surface area contributed by atoms with Crippen LogP contribution in [-0.2, 0) is 0 Å². The smallest absolute Gasteiger partial charge is 0.242 e. The molecule has 0 saturated heterocycles. The van der Waals surface area contributed by atoms with Crippen LogP contribution in [0, 0.1) is 5.82 Å². The fourth-order valence-corrected chi connectivity index (χ4v) is 4.67. The summed E-state index contributed by atoms with van der Waals surface area (Å²) in [6.07, 6.45) is 0. The summed E-state index contributed by atoms with van der Waals surface area (Å²) in [6, 6.07) is 19.3. The first-order valence-electron chi connectivity index (χ1n) is 9.53. The number of nitrogens with zero attached hydrogens (tertiary/aromatic N) is 2. The van der Waals surface area contributed by atoms with Gasteiger partial charge in [-0.3, -0.25) is 9.36 Å². The number of carbonyl (C=O) groups excluding carboxylic acids is 1. The van der Waals surface area contributed by atoms with Crippen LogP contribution in [-0.4, -0.2) is 25.5 Å². The van der Waals surface area contributed by atoms with Crippen LogP contribution >= 0.6 is 22.9 Å². The Labute approximate surface area is 190 Å². The van der Waals surface area contributed by atoms with Gasteiger partial charge in [0.05, 0.1) is 21.5 Å². The Kier molecular flexibility index (Phi) is 4.92. The van der Waals surface area contributed by atoms with Crippen LogP contribution in [0.25, 0.3) is 26.6 Å². The average molecular weight is 465 g/mol. The number of hydrogen-bond acceptors (Lipinski definition) is 5. The van der Waals surface area contributed by atoms with E-state index in [2.05, 4.69) is 4.98 Å². The summed E-state index contributed by atoms with van der Waals surface area (Å²) in [5.41, 5.74) is 1.60. The molecule has 158 valence electrons. The summed E-state index contributed by atoms with van der Waals surface area (Å²) >= 11 is 7.16. The number of hydrogen-bond donors (Lipinski definition) is 2. The summed E-state index contributed by atoms with van der Waals surface area (Å²) in [7, 11) is 0. The predicted molar refractivity (Wildman–Crippen MR) is 123 cm³/mol. The number of carbonyl (C=O) groups is 1. The zero-order valence-corrected chi connectivity index (χ0v) is 17.9. The second kappa shape index (κ2) is 7.78. The molecular weight excluding hydrogens is 451 g/mol. The van der Waals surface area contributed by atoms with Gasteiger partial charge in [0, 0.05) is 10.6 Å². The van der Waals surface area contributed by atoms with Crippen LogP contribution < -0.4 is 0 Å². The molecule has 5 aromatic rings. The van der Waals surface area contributed by atoms with Gasteiger partial charge in [0.1, 0.15) is 5.82 Å². The molecule has 5 rings (SSSR count). The van der Waals surface area contributed by atoms with Crippen molar-refractivity contribution in [1.29, 1.82) is 0 Å². The van der Waals surface area contributed by atoms with Crippen LogP contribution in [0.5, 0.6) is 11.6 Å². The Morgan fingerprint density at radius 1 is 1.00 bits per heavy atom. The molecule has 0 unspecified atom stereocenters. The third-order valence-corrected chi connectivity index (χ3v) is 6.29. The molecule has 5 nitrogen and oxygen atoms in total. The number of halogens is 2. The minimum absolute atomic E-state index is 0.0681. The molecular formula is C24H14ClFN2O3S. The monoisotopic (exact) mass is 464 g/mol. The maximum Gasteiger partial charge on any atom is 0.242 e. The van der Waals surface area contributed by atoms with Crippen LogP contribution in [0.2, 0.25) is 5.02 Å². The van der Waals surface area contributed by atoms with E-state index in [9.17, 15) is 19.4 Å². The Morgan fingerprint density at radius 3 is 2.44 bits per heavy atom. The highest BCUT2D eigenvalue weighted by atomic mass is 35.5. The fourth-order valence-electron chi connectivity index (χ4n) is 3.55. The number of thiazole rings is 1. The van der Waals surface area contributed by atoms with Crippen molar-refractivity contribution < 1.29 is 19.4 Å². The summed E-state index contributed by atoms with van der Waals surface area (Å²) in [5.74, 6) is -1.97. The molecule has 2 heterocycles. The van der Waals surface area contributed by atoms with Crippen LogP contribution in [0.4, 0.5) is 4.39 Å². The lowest BCUT2D eigenvalue weighted by molar-refractivity contribution is 0.103. The predicted octanol–water partition coefficient (Wildman–Crippen LogP) is 6.19. The van der Waals surface area contributed by atoms with E-state index >= 15 is 0 Å². The number of fused-ring (bicyclic) bond motifs is 1. The van der Waals surface area contributed by atoms with E-state index < -0.39 is 23.2 Å². The molecule has 0 bridgehead atoms. The van der Waals surface area contributed by atoms with Crippen LogP contribution in [0.15, 0.2) is 72.8 Å². The molecule has 0 aliphatic carbocycles. The highest BCUT2D eigenvalue weighted by Gasteiger charge is 2.31. The lowest BCUT2D eigenvalue weighted by Gasteiger charge is -2.09. The first kappa shape index (κ1) is 20.2.